The van der Waals surface area contributed by atoms with E-state index in [0.717, 1.165) is 27.6 Å². The number of carbonyl (C=O) groups is 2. The van der Waals surface area contributed by atoms with E-state index in [1.54, 1.807) is 39.5 Å². The third-order valence-corrected chi connectivity index (χ3v) is 5.21. The van der Waals surface area contributed by atoms with Gasteiger partial charge in [0.15, 0.2) is 11.9 Å². The van der Waals surface area contributed by atoms with E-state index in [1.807, 2.05) is 36.5 Å². The van der Waals surface area contributed by atoms with Gasteiger partial charge in [-0.15, -0.1) is 0 Å². The summed E-state index contributed by atoms with van der Waals surface area (Å²) in [5.74, 6) is -0.424. The average molecular weight is 414 g/mol. The number of fused-ring (bicyclic) bond motifs is 1. The molecular formula is C24H22N4O3. The highest BCUT2D eigenvalue weighted by Gasteiger charge is 2.20. The van der Waals surface area contributed by atoms with Crippen LogP contribution in [0.15, 0.2) is 61.2 Å². The van der Waals surface area contributed by atoms with Gasteiger partial charge in [-0.1, -0.05) is 24.3 Å². The number of Topliss-reactive ketones (excluding diaryl/α,β-unsaturated/α-hetero) is 1. The fourth-order valence-electron chi connectivity index (χ4n) is 3.56. The van der Waals surface area contributed by atoms with Crippen LogP contribution in [0.25, 0.3) is 33.3 Å². The molecule has 156 valence electrons. The van der Waals surface area contributed by atoms with E-state index in [4.69, 9.17) is 0 Å². The van der Waals surface area contributed by atoms with E-state index < -0.39 is 12.0 Å². The number of hydrogen-bond donors (Lipinski definition) is 2. The SMILES string of the molecule is CC(=O)c1ccccc1-c1c[nH]c2ncc(-c3cncc(C(O)C(=O)N(C)C)c3)cc12. The van der Waals surface area contributed by atoms with Crippen LogP contribution in [0.5, 0.6) is 0 Å². The number of ketones is 1. The van der Waals surface area contributed by atoms with Crippen molar-refractivity contribution in [2.24, 2.45) is 0 Å². The molecule has 1 atom stereocenters. The first-order valence-electron chi connectivity index (χ1n) is 9.79. The number of likely N-dealkylation sites (N-methyl/N-ethyl adjacent to an activating group) is 1. The van der Waals surface area contributed by atoms with Gasteiger partial charge in [-0.2, -0.15) is 0 Å². The molecule has 0 aliphatic carbocycles. The van der Waals surface area contributed by atoms with Gasteiger partial charge in [-0.3, -0.25) is 14.6 Å². The van der Waals surface area contributed by atoms with Crippen molar-refractivity contribution in [3.63, 3.8) is 0 Å². The van der Waals surface area contributed by atoms with Gasteiger partial charge >= 0.3 is 0 Å². The van der Waals surface area contributed by atoms with E-state index in [1.165, 1.54) is 11.1 Å². The summed E-state index contributed by atoms with van der Waals surface area (Å²) in [7, 11) is 3.18. The van der Waals surface area contributed by atoms with Gasteiger partial charge in [0.1, 0.15) is 5.65 Å². The van der Waals surface area contributed by atoms with Gasteiger partial charge < -0.3 is 15.0 Å². The zero-order valence-electron chi connectivity index (χ0n) is 17.5. The predicted molar refractivity (Wildman–Crippen MR) is 118 cm³/mol. The number of pyridine rings is 2. The Kier molecular flexibility index (Phi) is 5.35. The molecule has 0 fully saturated rings. The highest BCUT2D eigenvalue weighted by Crippen LogP contribution is 2.33. The lowest BCUT2D eigenvalue weighted by Crippen LogP contribution is -2.28. The van der Waals surface area contributed by atoms with Gasteiger partial charge in [-0.25, -0.2) is 4.98 Å². The molecule has 0 spiro atoms. The second-order valence-corrected chi connectivity index (χ2v) is 7.57. The Bertz CT molecular complexity index is 1290. The van der Waals surface area contributed by atoms with Crippen LogP contribution in [-0.2, 0) is 4.79 Å². The molecule has 1 aromatic carbocycles. The molecule has 3 heterocycles. The summed E-state index contributed by atoms with van der Waals surface area (Å²) in [4.78, 5) is 37.4. The van der Waals surface area contributed by atoms with Gasteiger partial charge in [0.2, 0.25) is 0 Å². The lowest BCUT2D eigenvalue weighted by Gasteiger charge is -2.16. The van der Waals surface area contributed by atoms with E-state index in [-0.39, 0.29) is 5.78 Å². The maximum absolute atomic E-state index is 12.1. The van der Waals surface area contributed by atoms with Crippen LogP contribution in [0, 0.1) is 0 Å². The number of aliphatic hydroxyl groups excluding tert-OH is 1. The maximum atomic E-state index is 12.1. The van der Waals surface area contributed by atoms with Gasteiger partial charge in [-0.05, 0) is 24.6 Å². The number of hydrogen-bond acceptors (Lipinski definition) is 5. The van der Waals surface area contributed by atoms with Crippen LogP contribution >= 0.6 is 0 Å². The van der Waals surface area contributed by atoms with Crippen molar-refractivity contribution >= 4 is 22.7 Å². The summed E-state index contributed by atoms with van der Waals surface area (Å²) in [6.45, 7) is 1.55. The molecule has 7 heteroatoms. The Balaban J connectivity index is 1.80. The summed E-state index contributed by atoms with van der Waals surface area (Å²) in [5, 5.41) is 11.2. The number of nitrogens with one attached hydrogen (secondary N) is 1. The zero-order valence-corrected chi connectivity index (χ0v) is 17.5. The molecule has 31 heavy (non-hydrogen) atoms. The Morgan fingerprint density at radius 2 is 1.77 bits per heavy atom. The number of benzene rings is 1. The Morgan fingerprint density at radius 1 is 1.03 bits per heavy atom. The fourth-order valence-corrected chi connectivity index (χ4v) is 3.56. The predicted octanol–water partition coefficient (Wildman–Crippen LogP) is 3.62. The molecule has 4 aromatic rings. The van der Waals surface area contributed by atoms with Crippen molar-refractivity contribution in [1.82, 2.24) is 19.9 Å². The highest BCUT2D eigenvalue weighted by molar-refractivity contribution is 6.05. The first-order valence-corrected chi connectivity index (χ1v) is 9.79. The van der Waals surface area contributed by atoms with Crippen LogP contribution < -0.4 is 0 Å². The number of amides is 1. The molecule has 4 rings (SSSR count). The molecule has 0 bridgehead atoms. The third kappa shape index (κ3) is 3.83. The van der Waals surface area contributed by atoms with Crippen LogP contribution in [0.1, 0.15) is 28.9 Å². The van der Waals surface area contributed by atoms with Crippen LogP contribution in [0.4, 0.5) is 0 Å². The summed E-state index contributed by atoms with van der Waals surface area (Å²) in [6, 6.07) is 11.2. The Labute approximate surface area is 179 Å². The first kappa shape index (κ1) is 20.4. The zero-order chi connectivity index (χ0) is 22.1. The standard InChI is InChI=1S/C24H22N4O3/c1-14(29)18-6-4-5-7-19(18)21-13-27-23-20(21)9-16(12-26-23)15-8-17(11-25-10-15)22(30)24(31)28(2)3/h4-13,22,30H,1-3H3,(H,26,27). The maximum Gasteiger partial charge on any atom is 0.255 e. The average Bonchev–Trinajstić information content (AvgIpc) is 3.21. The largest absolute Gasteiger partial charge is 0.378 e. The van der Waals surface area contributed by atoms with Crippen molar-refractivity contribution in [3.8, 4) is 22.3 Å². The van der Waals surface area contributed by atoms with E-state index in [2.05, 4.69) is 15.0 Å². The van der Waals surface area contributed by atoms with Crippen LogP contribution in [0.2, 0.25) is 0 Å². The van der Waals surface area contributed by atoms with Crippen molar-refractivity contribution in [2.75, 3.05) is 14.1 Å². The second-order valence-electron chi connectivity index (χ2n) is 7.57. The smallest absolute Gasteiger partial charge is 0.255 e. The topological polar surface area (TPSA) is 99.2 Å². The number of rotatable bonds is 5. The fraction of sp³-hybridized carbons (Fsp3) is 0.167. The van der Waals surface area contributed by atoms with E-state index in [9.17, 15) is 14.7 Å². The molecule has 0 aliphatic heterocycles. The van der Waals surface area contributed by atoms with Crippen molar-refractivity contribution < 1.29 is 14.7 Å². The number of aromatic amines is 1. The summed E-state index contributed by atoms with van der Waals surface area (Å²) >= 11 is 0. The molecular weight excluding hydrogens is 392 g/mol. The summed E-state index contributed by atoms with van der Waals surface area (Å²) < 4.78 is 0. The monoisotopic (exact) mass is 414 g/mol. The quantitative estimate of drug-likeness (QED) is 0.486. The number of nitrogens with zero attached hydrogens (tertiary/aromatic N) is 3. The number of carbonyl (C=O) groups excluding carboxylic acids is 2. The first-order chi connectivity index (χ1) is 14.9. The van der Waals surface area contributed by atoms with Crippen molar-refractivity contribution in [3.05, 3.63) is 72.3 Å². The minimum Gasteiger partial charge on any atom is -0.378 e. The molecule has 1 unspecified atom stereocenters. The van der Waals surface area contributed by atoms with Crippen molar-refractivity contribution in [1.29, 1.82) is 0 Å². The molecule has 0 saturated heterocycles. The number of aromatic nitrogens is 3. The van der Waals surface area contributed by atoms with Gasteiger partial charge in [0.05, 0.1) is 0 Å². The molecule has 0 aliphatic rings. The molecule has 0 radical (unpaired) electrons. The van der Waals surface area contributed by atoms with Crippen LogP contribution in [0.3, 0.4) is 0 Å². The van der Waals surface area contributed by atoms with Crippen LogP contribution in [-0.4, -0.2) is 50.7 Å². The lowest BCUT2D eigenvalue weighted by molar-refractivity contribution is -0.137. The Hall–Kier alpha value is -3.84. The van der Waals surface area contributed by atoms with E-state index >= 15 is 0 Å². The summed E-state index contributed by atoms with van der Waals surface area (Å²) in [6.07, 6.45) is 5.41. The summed E-state index contributed by atoms with van der Waals surface area (Å²) in [5.41, 5.74) is 4.97. The van der Waals surface area contributed by atoms with Crippen molar-refractivity contribution in [2.45, 2.75) is 13.0 Å². The lowest BCUT2D eigenvalue weighted by atomic mass is 9.96. The molecule has 3 aromatic heterocycles. The molecule has 0 saturated carbocycles. The third-order valence-electron chi connectivity index (χ3n) is 5.21. The number of H-pyrrole nitrogens is 1. The van der Waals surface area contributed by atoms with Gasteiger partial charge in [0.25, 0.3) is 5.91 Å². The van der Waals surface area contributed by atoms with E-state index in [0.29, 0.717) is 16.8 Å². The molecule has 1 amide bonds. The Morgan fingerprint density at radius 3 is 2.52 bits per heavy atom. The van der Waals surface area contributed by atoms with Gasteiger partial charge in [0, 0.05) is 72.1 Å². The minimum atomic E-state index is -1.29. The minimum absolute atomic E-state index is 0.00879. The normalized spacial score (nSPS) is 12.0. The number of aliphatic hydroxyl groups is 1. The highest BCUT2D eigenvalue weighted by atomic mass is 16.3. The molecule has 2 N–H and O–H groups in total. The second kappa shape index (κ2) is 8.12. The molecule has 7 nitrogen and oxygen atoms in total.